The molecule has 0 radical (unpaired) electrons. The van der Waals surface area contributed by atoms with Crippen LogP contribution in [0.5, 0.6) is 5.75 Å². The number of guanidine groups is 1. The predicted molar refractivity (Wildman–Crippen MR) is 106 cm³/mol. The smallest absolute Gasteiger partial charge is 0.191 e. The van der Waals surface area contributed by atoms with Crippen LogP contribution in [0.1, 0.15) is 12.5 Å². The number of aliphatic imine (C=N–C) groups is 1. The van der Waals surface area contributed by atoms with Gasteiger partial charge in [0.25, 0.3) is 0 Å². The summed E-state index contributed by atoms with van der Waals surface area (Å²) < 4.78 is 20.8. The third-order valence-corrected chi connectivity index (χ3v) is 3.27. The lowest BCUT2D eigenvalue weighted by atomic mass is 10.3. The van der Waals surface area contributed by atoms with Crippen molar-refractivity contribution in [1.82, 2.24) is 15.2 Å². The topological polar surface area (TPSA) is 50.6 Å². The molecule has 0 saturated carbocycles. The molecule has 5 nitrogen and oxygen atoms in total. The Bertz CT molecular complexity index is 660. The number of aryl methyl sites for hydroxylation is 1. The molecule has 1 unspecified atom stereocenters. The van der Waals surface area contributed by atoms with Crippen molar-refractivity contribution in [3.63, 3.8) is 0 Å². The predicted octanol–water partition coefficient (Wildman–Crippen LogP) is 2.91. The summed E-state index contributed by atoms with van der Waals surface area (Å²) in [6.07, 6.45) is 3.94. The van der Waals surface area contributed by atoms with Crippen LogP contribution in [-0.4, -0.2) is 30.2 Å². The molecular weight excluding hydrogens is 422 g/mol. The summed E-state index contributed by atoms with van der Waals surface area (Å²) in [7, 11) is 3.71. The van der Waals surface area contributed by atoms with Crippen LogP contribution >= 0.6 is 24.0 Å². The maximum absolute atomic E-state index is 13.1. The first-order valence-corrected chi connectivity index (χ1v) is 7.54. The van der Waals surface area contributed by atoms with Crippen molar-refractivity contribution < 1.29 is 9.13 Å². The van der Waals surface area contributed by atoms with Gasteiger partial charge in [0, 0.05) is 39.1 Å². The molecule has 1 aromatic heterocycles. The molecule has 0 aliphatic carbocycles. The SMILES string of the molecule is CN=C(NCc1ccn(C)c1)NCC(C)Oc1cccc(F)c1.I. The van der Waals surface area contributed by atoms with Gasteiger partial charge in [0.1, 0.15) is 17.7 Å². The molecule has 0 saturated heterocycles. The van der Waals surface area contributed by atoms with Crippen LogP contribution in [0.25, 0.3) is 0 Å². The highest BCUT2D eigenvalue weighted by Gasteiger charge is 2.06. The van der Waals surface area contributed by atoms with Crippen LogP contribution in [-0.2, 0) is 13.6 Å². The molecule has 0 amide bonds. The Morgan fingerprint density at radius 2 is 2.12 bits per heavy atom. The zero-order chi connectivity index (χ0) is 16.7. The highest BCUT2D eigenvalue weighted by molar-refractivity contribution is 14.0. The van der Waals surface area contributed by atoms with Crippen LogP contribution in [0.4, 0.5) is 4.39 Å². The maximum Gasteiger partial charge on any atom is 0.191 e. The average molecular weight is 446 g/mol. The molecular formula is C17H24FIN4O. The summed E-state index contributed by atoms with van der Waals surface area (Å²) in [4.78, 5) is 4.18. The molecule has 1 heterocycles. The quantitative estimate of drug-likeness (QED) is 0.408. The van der Waals surface area contributed by atoms with Crippen LogP contribution in [0.3, 0.4) is 0 Å². The minimum absolute atomic E-state index is 0. The summed E-state index contributed by atoms with van der Waals surface area (Å²) in [6, 6.07) is 8.19. The zero-order valence-electron chi connectivity index (χ0n) is 14.1. The number of nitrogens with zero attached hydrogens (tertiary/aromatic N) is 2. The van der Waals surface area contributed by atoms with Crippen molar-refractivity contribution in [3.05, 3.63) is 54.1 Å². The lowest BCUT2D eigenvalue weighted by Gasteiger charge is -2.17. The van der Waals surface area contributed by atoms with Gasteiger partial charge in [0.2, 0.25) is 0 Å². The second-order valence-electron chi connectivity index (χ2n) is 5.38. The summed E-state index contributed by atoms with van der Waals surface area (Å²) in [5.74, 6) is 0.915. The molecule has 24 heavy (non-hydrogen) atoms. The van der Waals surface area contributed by atoms with Crippen LogP contribution < -0.4 is 15.4 Å². The van der Waals surface area contributed by atoms with Gasteiger partial charge in [0.05, 0.1) is 6.54 Å². The molecule has 1 atom stereocenters. The number of ether oxygens (including phenoxy) is 1. The molecule has 0 spiro atoms. The Balaban J connectivity index is 0.00000288. The molecule has 0 aliphatic rings. The van der Waals surface area contributed by atoms with Gasteiger partial charge in [-0.1, -0.05) is 6.07 Å². The molecule has 2 N–H and O–H groups in total. The zero-order valence-corrected chi connectivity index (χ0v) is 16.5. The lowest BCUT2D eigenvalue weighted by molar-refractivity contribution is 0.223. The van der Waals surface area contributed by atoms with Gasteiger partial charge < -0.3 is 19.9 Å². The van der Waals surface area contributed by atoms with Gasteiger partial charge in [-0.2, -0.15) is 0 Å². The Hall–Kier alpha value is -1.77. The van der Waals surface area contributed by atoms with Crippen LogP contribution in [0.2, 0.25) is 0 Å². The second kappa shape index (κ2) is 10.2. The van der Waals surface area contributed by atoms with E-state index in [1.54, 1.807) is 19.2 Å². The number of hydrogen-bond donors (Lipinski definition) is 2. The van der Waals surface area contributed by atoms with E-state index in [0.29, 0.717) is 24.8 Å². The molecule has 0 bridgehead atoms. The Morgan fingerprint density at radius 3 is 2.75 bits per heavy atom. The first-order valence-electron chi connectivity index (χ1n) is 7.54. The second-order valence-corrected chi connectivity index (χ2v) is 5.38. The lowest BCUT2D eigenvalue weighted by Crippen LogP contribution is -2.41. The highest BCUT2D eigenvalue weighted by Crippen LogP contribution is 2.13. The summed E-state index contributed by atoms with van der Waals surface area (Å²) in [5.41, 5.74) is 1.18. The van der Waals surface area contributed by atoms with Gasteiger partial charge >= 0.3 is 0 Å². The number of aromatic nitrogens is 1. The fourth-order valence-electron chi connectivity index (χ4n) is 2.13. The van der Waals surface area contributed by atoms with E-state index in [4.69, 9.17) is 4.74 Å². The van der Waals surface area contributed by atoms with E-state index in [0.717, 1.165) is 0 Å². The van der Waals surface area contributed by atoms with Crippen molar-refractivity contribution in [2.75, 3.05) is 13.6 Å². The first kappa shape index (κ1) is 20.3. The molecule has 7 heteroatoms. The van der Waals surface area contributed by atoms with E-state index < -0.39 is 0 Å². The standard InChI is InChI=1S/C17H23FN4O.HI/c1-13(23-16-6-4-5-15(18)9-16)10-20-17(19-2)21-11-14-7-8-22(3)12-14;/h4-9,12-13H,10-11H2,1-3H3,(H2,19,20,21);1H. The first-order chi connectivity index (χ1) is 11.1. The number of rotatable bonds is 6. The number of nitrogens with one attached hydrogen (secondary N) is 2. The number of halogens is 2. The fraction of sp³-hybridized carbons (Fsp3) is 0.353. The van der Waals surface area contributed by atoms with E-state index in [-0.39, 0.29) is 35.9 Å². The largest absolute Gasteiger partial charge is 0.489 e. The Kier molecular flexibility index (Phi) is 8.59. The summed E-state index contributed by atoms with van der Waals surface area (Å²) in [5, 5.41) is 6.43. The van der Waals surface area contributed by atoms with Crippen molar-refractivity contribution in [3.8, 4) is 5.75 Å². The summed E-state index contributed by atoms with van der Waals surface area (Å²) in [6.45, 7) is 3.17. The average Bonchev–Trinajstić information content (AvgIpc) is 2.93. The number of hydrogen-bond acceptors (Lipinski definition) is 2. The molecule has 2 aromatic rings. The van der Waals surface area contributed by atoms with Crippen molar-refractivity contribution in [2.24, 2.45) is 12.0 Å². The van der Waals surface area contributed by atoms with Gasteiger partial charge in [-0.15, -0.1) is 24.0 Å². The van der Waals surface area contributed by atoms with Crippen molar-refractivity contribution in [2.45, 2.75) is 19.6 Å². The molecule has 1 aromatic carbocycles. The number of benzene rings is 1. The maximum atomic E-state index is 13.1. The van der Waals surface area contributed by atoms with Crippen LogP contribution in [0, 0.1) is 5.82 Å². The van der Waals surface area contributed by atoms with E-state index in [9.17, 15) is 4.39 Å². The fourth-order valence-corrected chi connectivity index (χ4v) is 2.13. The monoisotopic (exact) mass is 446 g/mol. The molecule has 0 fully saturated rings. The minimum atomic E-state index is -0.303. The normalized spacial score (nSPS) is 12.2. The summed E-state index contributed by atoms with van der Waals surface area (Å²) >= 11 is 0. The van der Waals surface area contributed by atoms with Gasteiger partial charge in [-0.05, 0) is 30.7 Å². The molecule has 2 rings (SSSR count). The van der Waals surface area contributed by atoms with Crippen LogP contribution in [0.15, 0.2) is 47.7 Å². The minimum Gasteiger partial charge on any atom is -0.489 e. The van der Waals surface area contributed by atoms with Gasteiger partial charge in [-0.25, -0.2) is 4.39 Å². The van der Waals surface area contributed by atoms with Gasteiger partial charge in [-0.3, -0.25) is 4.99 Å². The Labute approximate surface area is 159 Å². The highest BCUT2D eigenvalue weighted by atomic mass is 127. The van der Waals surface area contributed by atoms with E-state index in [2.05, 4.69) is 27.9 Å². The molecule has 0 aliphatic heterocycles. The van der Waals surface area contributed by atoms with Crippen molar-refractivity contribution in [1.29, 1.82) is 0 Å². The van der Waals surface area contributed by atoms with Crippen molar-refractivity contribution >= 4 is 29.9 Å². The van der Waals surface area contributed by atoms with Gasteiger partial charge in [0.15, 0.2) is 5.96 Å². The third-order valence-electron chi connectivity index (χ3n) is 3.27. The molecule has 132 valence electrons. The van der Waals surface area contributed by atoms with E-state index in [1.165, 1.54) is 17.7 Å². The van der Waals surface area contributed by atoms with E-state index >= 15 is 0 Å². The Morgan fingerprint density at radius 1 is 1.33 bits per heavy atom. The third kappa shape index (κ3) is 6.77. The van der Waals surface area contributed by atoms with E-state index in [1.807, 2.05) is 24.7 Å².